The molecule has 0 fully saturated rings. The molecule has 0 saturated carbocycles. The van der Waals surface area contributed by atoms with Crippen molar-refractivity contribution in [3.63, 3.8) is 0 Å². The SMILES string of the molecule is Cl.Nc1ccc(N=Nc2ccccc2)c(N)c1. The Kier molecular flexibility index (Phi) is 4.48. The molecule has 0 atom stereocenters. The minimum absolute atomic E-state index is 0. The highest BCUT2D eigenvalue weighted by Gasteiger charge is 1.97. The van der Waals surface area contributed by atoms with E-state index in [-0.39, 0.29) is 12.4 Å². The third-order valence-electron chi connectivity index (χ3n) is 2.08. The number of nitrogen functional groups attached to an aromatic ring is 2. The summed E-state index contributed by atoms with van der Waals surface area (Å²) in [6.07, 6.45) is 0. The standard InChI is InChI=1S/C12H12N4.ClH/c13-9-6-7-12(11(14)8-9)16-15-10-4-2-1-3-5-10;/h1-8H,13-14H2;1H. The Morgan fingerprint density at radius 3 is 2.18 bits per heavy atom. The van der Waals surface area contributed by atoms with Crippen molar-refractivity contribution in [1.82, 2.24) is 0 Å². The Balaban J connectivity index is 0.00000144. The first-order chi connectivity index (χ1) is 7.75. The zero-order valence-electron chi connectivity index (χ0n) is 9.08. The van der Waals surface area contributed by atoms with Crippen molar-refractivity contribution < 1.29 is 0 Å². The molecular weight excluding hydrogens is 236 g/mol. The zero-order chi connectivity index (χ0) is 11.4. The molecule has 17 heavy (non-hydrogen) atoms. The van der Waals surface area contributed by atoms with Crippen molar-refractivity contribution in [1.29, 1.82) is 0 Å². The number of hydrogen-bond donors (Lipinski definition) is 2. The van der Waals surface area contributed by atoms with Crippen molar-refractivity contribution in [2.45, 2.75) is 0 Å². The minimum atomic E-state index is 0. The van der Waals surface area contributed by atoms with E-state index >= 15 is 0 Å². The van der Waals surface area contributed by atoms with Gasteiger partial charge in [0.05, 0.1) is 11.4 Å². The van der Waals surface area contributed by atoms with Crippen molar-refractivity contribution >= 4 is 35.2 Å². The third-order valence-corrected chi connectivity index (χ3v) is 2.08. The Labute approximate surface area is 106 Å². The Hall–Kier alpha value is -2.07. The first-order valence-corrected chi connectivity index (χ1v) is 4.87. The number of rotatable bonds is 2. The summed E-state index contributed by atoms with van der Waals surface area (Å²) in [5.74, 6) is 0. The smallest absolute Gasteiger partial charge is 0.109 e. The van der Waals surface area contributed by atoms with E-state index in [4.69, 9.17) is 11.5 Å². The molecule has 4 N–H and O–H groups in total. The second-order valence-corrected chi connectivity index (χ2v) is 3.35. The van der Waals surface area contributed by atoms with E-state index in [1.54, 1.807) is 18.2 Å². The monoisotopic (exact) mass is 248 g/mol. The molecular formula is C12H13ClN4. The summed E-state index contributed by atoms with van der Waals surface area (Å²) in [6, 6.07) is 14.6. The van der Waals surface area contributed by atoms with Crippen LogP contribution in [0, 0.1) is 0 Å². The quantitative estimate of drug-likeness (QED) is 0.628. The van der Waals surface area contributed by atoms with Gasteiger partial charge in [0.25, 0.3) is 0 Å². The minimum Gasteiger partial charge on any atom is -0.399 e. The molecule has 0 radical (unpaired) electrons. The van der Waals surface area contributed by atoms with Crippen molar-refractivity contribution in [3.05, 3.63) is 48.5 Å². The fraction of sp³-hybridized carbons (Fsp3) is 0. The fourth-order valence-electron chi connectivity index (χ4n) is 1.27. The maximum absolute atomic E-state index is 5.75. The van der Waals surface area contributed by atoms with Gasteiger partial charge in [-0.3, -0.25) is 0 Å². The molecule has 0 unspecified atom stereocenters. The van der Waals surface area contributed by atoms with Crippen LogP contribution in [0.25, 0.3) is 0 Å². The molecule has 0 aliphatic heterocycles. The van der Waals surface area contributed by atoms with E-state index in [1.165, 1.54) is 0 Å². The number of nitrogens with two attached hydrogens (primary N) is 2. The maximum atomic E-state index is 5.75. The van der Waals surface area contributed by atoms with Crippen LogP contribution in [0.15, 0.2) is 58.8 Å². The van der Waals surface area contributed by atoms with Crippen LogP contribution in [0.3, 0.4) is 0 Å². The highest BCUT2D eigenvalue weighted by Crippen LogP contribution is 2.26. The van der Waals surface area contributed by atoms with Crippen LogP contribution in [-0.4, -0.2) is 0 Å². The topological polar surface area (TPSA) is 76.8 Å². The van der Waals surface area contributed by atoms with Crippen LogP contribution >= 0.6 is 12.4 Å². The van der Waals surface area contributed by atoms with Crippen LogP contribution in [0.5, 0.6) is 0 Å². The predicted molar refractivity (Wildman–Crippen MR) is 73.1 cm³/mol. The summed E-state index contributed by atoms with van der Waals surface area (Å²) >= 11 is 0. The Morgan fingerprint density at radius 2 is 1.53 bits per heavy atom. The molecule has 0 aliphatic rings. The predicted octanol–water partition coefficient (Wildman–Crippen LogP) is 3.69. The third kappa shape index (κ3) is 3.46. The highest BCUT2D eigenvalue weighted by atomic mass is 35.5. The number of halogens is 1. The molecule has 2 aromatic carbocycles. The maximum Gasteiger partial charge on any atom is 0.109 e. The first kappa shape index (κ1) is 13.0. The molecule has 0 saturated heterocycles. The van der Waals surface area contributed by atoms with E-state index in [9.17, 15) is 0 Å². The molecule has 5 heteroatoms. The molecule has 0 spiro atoms. The van der Waals surface area contributed by atoms with Gasteiger partial charge in [-0.15, -0.1) is 17.5 Å². The Bertz CT molecular complexity index is 511. The lowest BCUT2D eigenvalue weighted by Crippen LogP contribution is -1.89. The molecule has 0 aromatic heterocycles. The number of nitrogens with zero attached hydrogens (tertiary/aromatic N) is 2. The lowest BCUT2D eigenvalue weighted by Gasteiger charge is -1.99. The van der Waals surface area contributed by atoms with Gasteiger partial charge < -0.3 is 11.5 Å². The average Bonchev–Trinajstić information content (AvgIpc) is 2.29. The summed E-state index contributed by atoms with van der Waals surface area (Å²) in [4.78, 5) is 0. The van der Waals surface area contributed by atoms with Gasteiger partial charge in [-0.1, -0.05) is 18.2 Å². The van der Waals surface area contributed by atoms with E-state index in [2.05, 4.69) is 10.2 Å². The summed E-state index contributed by atoms with van der Waals surface area (Å²) in [7, 11) is 0. The number of anilines is 2. The van der Waals surface area contributed by atoms with Crippen LogP contribution in [0.4, 0.5) is 22.7 Å². The van der Waals surface area contributed by atoms with Crippen LogP contribution in [-0.2, 0) is 0 Å². The largest absolute Gasteiger partial charge is 0.399 e. The summed E-state index contributed by atoms with van der Waals surface area (Å²) in [5.41, 5.74) is 13.9. The number of benzene rings is 2. The molecule has 2 rings (SSSR count). The highest BCUT2D eigenvalue weighted by molar-refractivity contribution is 5.85. The second-order valence-electron chi connectivity index (χ2n) is 3.35. The molecule has 88 valence electrons. The van der Waals surface area contributed by atoms with Gasteiger partial charge >= 0.3 is 0 Å². The Morgan fingerprint density at radius 1 is 0.824 bits per heavy atom. The average molecular weight is 249 g/mol. The lowest BCUT2D eigenvalue weighted by atomic mass is 10.2. The summed E-state index contributed by atoms with van der Waals surface area (Å²) in [5, 5.41) is 8.13. The van der Waals surface area contributed by atoms with Gasteiger partial charge in [0, 0.05) is 5.69 Å². The van der Waals surface area contributed by atoms with Gasteiger partial charge in [-0.05, 0) is 30.3 Å². The molecule has 0 bridgehead atoms. The lowest BCUT2D eigenvalue weighted by molar-refractivity contribution is 1.23. The molecule has 2 aromatic rings. The molecule has 0 heterocycles. The van der Waals surface area contributed by atoms with Gasteiger partial charge in [0.15, 0.2) is 0 Å². The van der Waals surface area contributed by atoms with E-state index in [0.717, 1.165) is 5.69 Å². The summed E-state index contributed by atoms with van der Waals surface area (Å²) in [6.45, 7) is 0. The van der Waals surface area contributed by atoms with Crippen LogP contribution in [0.2, 0.25) is 0 Å². The van der Waals surface area contributed by atoms with E-state index in [0.29, 0.717) is 17.1 Å². The molecule has 0 aliphatic carbocycles. The van der Waals surface area contributed by atoms with Gasteiger partial charge in [-0.2, -0.15) is 5.11 Å². The van der Waals surface area contributed by atoms with Gasteiger partial charge in [0.1, 0.15) is 5.69 Å². The van der Waals surface area contributed by atoms with E-state index < -0.39 is 0 Å². The summed E-state index contributed by atoms with van der Waals surface area (Å²) < 4.78 is 0. The molecule has 4 nitrogen and oxygen atoms in total. The van der Waals surface area contributed by atoms with Crippen molar-refractivity contribution in [2.24, 2.45) is 10.2 Å². The first-order valence-electron chi connectivity index (χ1n) is 4.87. The second kappa shape index (κ2) is 5.86. The van der Waals surface area contributed by atoms with Gasteiger partial charge in [-0.25, -0.2) is 0 Å². The van der Waals surface area contributed by atoms with Gasteiger partial charge in [0.2, 0.25) is 0 Å². The normalized spacial score (nSPS) is 10.1. The fourth-order valence-corrected chi connectivity index (χ4v) is 1.27. The zero-order valence-corrected chi connectivity index (χ0v) is 9.89. The van der Waals surface area contributed by atoms with E-state index in [1.807, 2.05) is 30.3 Å². The molecule has 0 amide bonds. The van der Waals surface area contributed by atoms with Crippen LogP contribution < -0.4 is 11.5 Å². The number of hydrogen-bond acceptors (Lipinski definition) is 4. The van der Waals surface area contributed by atoms with Crippen LogP contribution in [0.1, 0.15) is 0 Å². The van der Waals surface area contributed by atoms with Crippen molar-refractivity contribution in [2.75, 3.05) is 11.5 Å². The number of azo groups is 1. The van der Waals surface area contributed by atoms with Crippen molar-refractivity contribution in [3.8, 4) is 0 Å².